The lowest BCUT2D eigenvalue weighted by Crippen LogP contribution is -2.47. The molecule has 2 heterocycles. The van der Waals surface area contributed by atoms with E-state index in [4.69, 9.17) is 0 Å². The summed E-state index contributed by atoms with van der Waals surface area (Å²) in [7, 11) is 0. The highest BCUT2D eigenvalue weighted by molar-refractivity contribution is 5.81. The summed E-state index contributed by atoms with van der Waals surface area (Å²) in [5, 5.41) is 3.32. The van der Waals surface area contributed by atoms with Crippen LogP contribution in [0.15, 0.2) is 0 Å². The molecule has 2 aliphatic rings. The Kier molecular flexibility index (Phi) is 5.83. The maximum atomic E-state index is 12.6. The second-order valence-corrected chi connectivity index (χ2v) is 5.86. The van der Waals surface area contributed by atoms with Gasteiger partial charge in [0.2, 0.25) is 11.8 Å². The zero-order valence-electron chi connectivity index (χ0n) is 12.6. The van der Waals surface area contributed by atoms with Crippen LogP contribution in [0.3, 0.4) is 0 Å². The van der Waals surface area contributed by atoms with E-state index in [1.807, 2.05) is 16.7 Å². The summed E-state index contributed by atoms with van der Waals surface area (Å²) in [5.74, 6) is 0.480. The van der Waals surface area contributed by atoms with Crippen molar-refractivity contribution in [2.45, 2.75) is 39.0 Å². The molecule has 0 aromatic heterocycles. The average Bonchev–Trinajstić information content (AvgIpc) is 2.76. The van der Waals surface area contributed by atoms with E-state index in [0.717, 1.165) is 58.4 Å². The van der Waals surface area contributed by atoms with Crippen molar-refractivity contribution in [3.8, 4) is 0 Å². The van der Waals surface area contributed by atoms with Crippen LogP contribution in [0.25, 0.3) is 0 Å². The van der Waals surface area contributed by atoms with Crippen LogP contribution in [0.5, 0.6) is 0 Å². The van der Waals surface area contributed by atoms with E-state index in [0.29, 0.717) is 13.0 Å². The molecule has 2 fully saturated rings. The van der Waals surface area contributed by atoms with Crippen molar-refractivity contribution in [1.82, 2.24) is 15.1 Å². The summed E-state index contributed by atoms with van der Waals surface area (Å²) in [6.07, 6.45) is 4.40. The van der Waals surface area contributed by atoms with Gasteiger partial charge in [-0.1, -0.05) is 6.92 Å². The van der Waals surface area contributed by atoms with Gasteiger partial charge in [0.15, 0.2) is 0 Å². The fourth-order valence-corrected chi connectivity index (χ4v) is 3.10. The molecule has 0 radical (unpaired) electrons. The van der Waals surface area contributed by atoms with E-state index >= 15 is 0 Å². The molecule has 2 aliphatic heterocycles. The molecule has 20 heavy (non-hydrogen) atoms. The Morgan fingerprint density at radius 3 is 2.70 bits per heavy atom. The Morgan fingerprint density at radius 2 is 1.90 bits per heavy atom. The number of carbonyl (C=O) groups excluding carboxylic acids is 2. The number of hydrogen-bond donors (Lipinski definition) is 1. The molecule has 0 bridgehead atoms. The third-order valence-electron chi connectivity index (χ3n) is 4.24. The largest absolute Gasteiger partial charge is 0.342 e. The molecule has 114 valence electrons. The topological polar surface area (TPSA) is 52.7 Å². The number of nitrogens with one attached hydrogen (secondary N) is 1. The molecule has 5 heteroatoms. The third-order valence-corrected chi connectivity index (χ3v) is 4.24. The highest BCUT2D eigenvalue weighted by Crippen LogP contribution is 2.20. The van der Waals surface area contributed by atoms with Crippen LogP contribution in [-0.4, -0.2) is 60.9 Å². The number of carbonyl (C=O) groups is 2. The minimum atomic E-state index is 0.0163. The van der Waals surface area contributed by atoms with Crippen molar-refractivity contribution in [1.29, 1.82) is 0 Å². The van der Waals surface area contributed by atoms with Crippen molar-refractivity contribution in [3.63, 3.8) is 0 Å². The van der Waals surface area contributed by atoms with Gasteiger partial charge in [0, 0.05) is 39.1 Å². The van der Waals surface area contributed by atoms with Crippen molar-refractivity contribution in [2.24, 2.45) is 5.92 Å². The van der Waals surface area contributed by atoms with E-state index in [-0.39, 0.29) is 17.7 Å². The predicted octanol–water partition coefficient (Wildman–Crippen LogP) is 0.847. The monoisotopic (exact) mass is 281 g/mol. The molecule has 2 amide bonds. The summed E-state index contributed by atoms with van der Waals surface area (Å²) in [4.78, 5) is 28.5. The smallest absolute Gasteiger partial charge is 0.227 e. The minimum Gasteiger partial charge on any atom is -0.342 e. The first kappa shape index (κ1) is 15.3. The summed E-state index contributed by atoms with van der Waals surface area (Å²) in [5.41, 5.74) is 0. The third kappa shape index (κ3) is 3.95. The van der Waals surface area contributed by atoms with E-state index < -0.39 is 0 Å². The molecule has 0 aromatic carbocycles. The number of nitrogens with zero attached hydrogens (tertiary/aromatic N) is 2. The second-order valence-electron chi connectivity index (χ2n) is 5.86. The van der Waals surface area contributed by atoms with Gasteiger partial charge in [0.1, 0.15) is 0 Å². The van der Waals surface area contributed by atoms with E-state index in [1.54, 1.807) is 0 Å². The lowest BCUT2D eigenvalue weighted by molar-refractivity contribution is -0.140. The van der Waals surface area contributed by atoms with Crippen LogP contribution in [0.4, 0.5) is 0 Å². The average molecular weight is 281 g/mol. The molecule has 0 spiro atoms. The fraction of sp³-hybridized carbons (Fsp3) is 0.867. The van der Waals surface area contributed by atoms with E-state index in [2.05, 4.69) is 5.32 Å². The standard InChI is InChI=1S/C15H27N3O2/c1-2-5-14(19)18-9-3-6-13(12-18)15(20)17-10-4-7-16-8-11-17/h13,16H,2-12H2,1H3. The van der Waals surface area contributed by atoms with Gasteiger partial charge < -0.3 is 15.1 Å². The number of likely N-dealkylation sites (tertiary alicyclic amines) is 1. The van der Waals surface area contributed by atoms with Crippen LogP contribution in [0.1, 0.15) is 39.0 Å². The highest BCUT2D eigenvalue weighted by atomic mass is 16.2. The predicted molar refractivity (Wildman–Crippen MR) is 78.3 cm³/mol. The summed E-state index contributed by atoms with van der Waals surface area (Å²) < 4.78 is 0. The molecule has 1 atom stereocenters. The lowest BCUT2D eigenvalue weighted by atomic mass is 9.96. The summed E-state index contributed by atoms with van der Waals surface area (Å²) >= 11 is 0. The lowest BCUT2D eigenvalue weighted by Gasteiger charge is -2.34. The molecule has 0 saturated carbocycles. The van der Waals surface area contributed by atoms with Crippen molar-refractivity contribution >= 4 is 11.8 Å². The highest BCUT2D eigenvalue weighted by Gasteiger charge is 2.30. The Balaban J connectivity index is 1.90. The first-order valence-electron chi connectivity index (χ1n) is 7.99. The minimum absolute atomic E-state index is 0.0163. The Labute approximate surface area is 121 Å². The van der Waals surface area contributed by atoms with Gasteiger partial charge >= 0.3 is 0 Å². The quantitative estimate of drug-likeness (QED) is 0.834. The Hall–Kier alpha value is -1.10. The van der Waals surface area contributed by atoms with Gasteiger partial charge in [0.25, 0.3) is 0 Å². The van der Waals surface area contributed by atoms with Gasteiger partial charge in [-0.3, -0.25) is 9.59 Å². The van der Waals surface area contributed by atoms with Crippen molar-refractivity contribution in [3.05, 3.63) is 0 Å². The van der Waals surface area contributed by atoms with E-state index in [1.165, 1.54) is 0 Å². The fourth-order valence-electron chi connectivity index (χ4n) is 3.10. The van der Waals surface area contributed by atoms with Gasteiger partial charge in [-0.05, 0) is 32.2 Å². The van der Waals surface area contributed by atoms with Crippen LogP contribution < -0.4 is 5.32 Å². The molecule has 2 saturated heterocycles. The summed E-state index contributed by atoms with van der Waals surface area (Å²) in [6.45, 7) is 7.01. The van der Waals surface area contributed by atoms with Crippen LogP contribution >= 0.6 is 0 Å². The molecule has 1 N–H and O–H groups in total. The van der Waals surface area contributed by atoms with Crippen LogP contribution in [-0.2, 0) is 9.59 Å². The second kappa shape index (κ2) is 7.62. The van der Waals surface area contributed by atoms with Gasteiger partial charge in [-0.25, -0.2) is 0 Å². The van der Waals surface area contributed by atoms with Gasteiger partial charge in [-0.15, -0.1) is 0 Å². The number of hydrogen-bond acceptors (Lipinski definition) is 3. The molecule has 5 nitrogen and oxygen atoms in total. The molecule has 1 unspecified atom stereocenters. The van der Waals surface area contributed by atoms with Gasteiger partial charge in [-0.2, -0.15) is 0 Å². The number of rotatable bonds is 3. The molecule has 0 aliphatic carbocycles. The van der Waals surface area contributed by atoms with Crippen LogP contribution in [0.2, 0.25) is 0 Å². The Morgan fingerprint density at radius 1 is 1.10 bits per heavy atom. The SMILES string of the molecule is CCCC(=O)N1CCCC(C(=O)N2CCCNCC2)C1. The zero-order chi connectivity index (χ0) is 14.4. The van der Waals surface area contributed by atoms with Crippen molar-refractivity contribution in [2.75, 3.05) is 39.3 Å². The molecule has 0 aromatic rings. The Bertz CT molecular complexity index is 338. The van der Waals surface area contributed by atoms with Gasteiger partial charge in [0.05, 0.1) is 5.92 Å². The maximum absolute atomic E-state index is 12.6. The number of piperidine rings is 1. The number of amides is 2. The van der Waals surface area contributed by atoms with Crippen molar-refractivity contribution < 1.29 is 9.59 Å². The summed E-state index contributed by atoms with van der Waals surface area (Å²) in [6, 6.07) is 0. The normalized spacial score (nSPS) is 24.4. The molecule has 2 rings (SSSR count). The molecular weight excluding hydrogens is 254 g/mol. The van der Waals surface area contributed by atoms with Crippen LogP contribution in [0, 0.1) is 5.92 Å². The zero-order valence-corrected chi connectivity index (χ0v) is 12.6. The van der Waals surface area contributed by atoms with E-state index in [9.17, 15) is 9.59 Å². The first-order valence-corrected chi connectivity index (χ1v) is 7.99. The maximum Gasteiger partial charge on any atom is 0.227 e. The molecular formula is C15H27N3O2. The first-order chi connectivity index (χ1) is 9.72.